The van der Waals surface area contributed by atoms with Crippen LogP contribution in [0.15, 0.2) is 0 Å². The zero-order chi connectivity index (χ0) is 11.6. The van der Waals surface area contributed by atoms with Gasteiger partial charge in [-0.3, -0.25) is 9.80 Å². The van der Waals surface area contributed by atoms with Gasteiger partial charge < -0.3 is 0 Å². The van der Waals surface area contributed by atoms with E-state index in [1.54, 1.807) is 0 Å². The maximum Gasteiger partial charge on any atom is 0.0280 e. The van der Waals surface area contributed by atoms with E-state index in [2.05, 4.69) is 51.3 Å². The minimum Gasteiger partial charge on any atom is -0.298 e. The summed E-state index contributed by atoms with van der Waals surface area (Å²) in [5.74, 6) is 0.773. The van der Waals surface area contributed by atoms with E-state index >= 15 is 0 Å². The van der Waals surface area contributed by atoms with Crippen molar-refractivity contribution in [2.75, 3.05) is 26.2 Å². The highest BCUT2D eigenvalue weighted by Gasteiger charge is 2.34. The Morgan fingerprint density at radius 3 is 2.07 bits per heavy atom. The molecule has 1 heterocycles. The molecule has 2 nitrogen and oxygen atoms in total. The summed E-state index contributed by atoms with van der Waals surface area (Å²) >= 11 is 0. The Morgan fingerprint density at radius 2 is 1.67 bits per heavy atom. The fraction of sp³-hybridized carbons (Fsp3) is 1.00. The summed E-state index contributed by atoms with van der Waals surface area (Å²) in [7, 11) is 0. The third kappa shape index (κ3) is 3.46. The first kappa shape index (κ1) is 13.0. The Bertz CT molecular complexity index is 197. The molecular weight excluding hydrogens is 184 g/mol. The second-order valence-corrected chi connectivity index (χ2v) is 6.22. The average molecular weight is 212 g/mol. The summed E-state index contributed by atoms with van der Waals surface area (Å²) in [4.78, 5) is 5.24. The van der Waals surface area contributed by atoms with Gasteiger partial charge >= 0.3 is 0 Å². The number of piperazine rings is 1. The minimum atomic E-state index is 0.340. The maximum absolute atomic E-state index is 2.65. The van der Waals surface area contributed by atoms with Gasteiger partial charge in [0.25, 0.3) is 0 Å². The van der Waals surface area contributed by atoms with E-state index in [-0.39, 0.29) is 0 Å². The zero-order valence-electron chi connectivity index (χ0n) is 11.4. The van der Waals surface area contributed by atoms with Crippen molar-refractivity contribution in [3.8, 4) is 0 Å². The van der Waals surface area contributed by atoms with Gasteiger partial charge in [0.2, 0.25) is 0 Å². The minimum absolute atomic E-state index is 0.340. The van der Waals surface area contributed by atoms with Crippen LogP contribution in [0.4, 0.5) is 0 Å². The summed E-state index contributed by atoms with van der Waals surface area (Å²) in [5, 5.41) is 0. The van der Waals surface area contributed by atoms with E-state index in [1.807, 2.05) is 0 Å². The molecule has 0 aromatic heterocycles. The summed E-state index contributed by atoms with van der Waals surface area (Å²) in [5.41, 5.74) is 0.340. The predicted molar refractivity (Wildman–Crippen MR) is 67.2 cm³/mol. The molecule has 0 aromatic carbocycles. The van der Waals surface area contributed by atoms with Gasteiger partial charge in [0.15, 0.2) is 0 Å². The quantitative estimate of drug-likeness (QED) is 0.709. The second kappa shape index (κ2) is 4.84. The molecule has 1 aliphatic rings. The van der Waals surface area contributed by atoms with Crippen LogP contribution in [0.3, 0.4) is 0 Å². The van der Waals surface area contributed by atoms with Crippen LogP contribution >= 0.6 is 0 Å². The second-order valence-electron chi connectivity index (χ2n) is 6.22. The van der Waals surface area contributed by atoms with Crippen LogP contribution < -0.4 is 0 Å². The lowest BCUT2D eigenvalue weighted by molar-refractivity contribution is -0.000320. The molecule has 0 aliphatic carbocycles. The molecule has 0 radical (unpaired) electrons. The van der Waals surface area contributed by atoms with Crippen molar-refractivity contribution in [3.05, 3.63) is 0 Å². The molecule has 0 N–H and O–H groups in total. The normalized spacial score (nSPS) is 24.0. The molecule has 15 heavy (non-hydrogen) atoms. The van der Waals surface area contributed by atoms with Crippen molar-refractivity contribution in [2.24, 2.45) is 5.92 Å². The highest BCUT2D eigenvalue weighted by Crippen LogP contribution is 2.23. The molecule has 0 aromatic rings. The molecule has 0 atom stereocenters. The largest absolute Gasteiger partial charge is 0.298 e. The smallest absolute Gasteiger partial charge is 0.0280 e. The first-order chi connectivity index (χ1) is 6.83. The van der Waals surface area contributed by atoms with Crippen molar-refractivity contribution >= 4 is 0 Å². The van der Waals surface area contributed by atoms with Crippen LogP contribution in [0.1, 0.15) is 41.5 Å². The van der Waals surface area contributed by atoms with E-state index in [0.29, 0.717) is 11.6 Å². The number of hydrogen-bond donors (Lipinski definition) is 0. The Balaban J connectivity index is 2.58. The number of hydrogen-bond acceptors (Lipinski definition) is 2. The van der Waals surface area contributed by atoms with E-state index in [9.17, 15) is 0 Å². The lowest BCUT2D eigenvalue weighted by Crippen LogP contribution is -2.61. The molecule has 1 aliphatic heterocycles. The van der Waals surface area contributed by atoms with E-state index in [1.165, 1.54) is 26.2 Å². The highest BCUT2D eigenvalue weighted by molar-refractivity contribution is 4.91. The van der Waals surface area contributed by atoms with Crippen LogP contribution in [0, 0.1) is 5.92 Å². The molecule has 1 rings (SSSR count). The third-order valence-corrected chi connectivity index (χ3v) is 3.42. The SMILES string of the molecule is CC(C)CN1CCN(C(C)C)CC1(C)C. The fourth-order valence-corrected chi connectivity index (χ4v) is 2.45. The van der Waals surface area contributed by atoms with Crippen LogP contribution in [-0.2, 0) is 0 Å². The van der Waals surface area contributed by atoms with Crippen LogP contribution in [-0.4, -0.2) is 47.6 Å². The van der Waals surface area contributed by atoms with Gasteiger partial charge in [-0.2, -0.15) is 0 Å². The first-order valence-corrected chi connectivity index (χ1v) is 6.32. The summed E-state index contributed by atoms with van der Waals surface area (Å²) in [6.07, 6.45) is 0. The van der Waals surface area contributed by atoms with E-state index < -0.39 is 0 Å². The Morgan fingerprint density at radius 1 is 1.07 bits per heavy atom. The van der Waals surface area contributed by atoms with Gasteiger partial charge in [-0.1, -0.05) is 13.8 Å². The average Bonchev–Trinajstić information content (AvgIpc) is 2.07. The fourth-order valence-electron chi connectivity index (χ4n) is 2.45. The zero-order valence-corrected chi connectivity index (χ0v) is 11.4. The lowest BCUT2D eigenvalue weighted by atomic mass is 9.96. The molecule has 1 saturated heterocycles. The molecule has 1 fully saturated rings. The van der Waals surface area contributed by atoms with Crippen LogP contribution in [0.5, 0.6) is 0 Å². The molecular formula is C13H28N2. The third-order valence-electron chi connectivity index (χ3n) is 3.42. The van der Waals surface area contributed by atoms with Gasteiger partial charge in [-0.15, -0.1) is 0 Å². The van der Waals surface area contributed by atoms with Crippen molar-refractivity contribution in [1.82, 2.24) is 9.80 Å². The van der Waals surface area contributed by atoms with Crippen molar-refractivity contribution in [3.63, 3.8) is 0 Å². The molecule has 0 saturated carbocycles. The highest BCUT2D eigenvalue weighted by atomic mass is 15.3. The maximum atomic E-state index is 2.65. The van der Waals surface area contributed by atoms with Crippen molar-refractivity contribution < 1.29 is 0 Å². The van der Waals surface area contributed by atoms with Crippen LogP contribution in [0.25, 0.3) is 0 Å². The first-order valence-electron chi connectivity index (χ1n) is 6.32. The molecule has 0 bridgehead atoms. The van der Waals surface area contributed by atoms with E-state index in [0.717, 1.165) is 5.92 Å². The molecule has 0 amide bonds. The molecule has 90 valence electrons. The van der Waals surface area contributed by atoms with Gasteiger partial charge in [-0.05, 0) is 33.6 Å². The van der Waals surface area contributed by atoms with Gasteiger partial charge in [-0.25, -0.2) is 0 Å². The van der Waals surface area contributed by atoms with Gasteiger partial charge in [0.05, 0.1) is 0 Å². The van der Waals surface area contributed by atoms with Crippen molar-refractivity contribution in [2.45, 2.75) is 53.1 Å². The van der Waals surface area contributed by atoms with Crippen molar-refractivity contribution in [1.29, 1.82) is 0 Å². The Kier molecular flexibility index (Phi) is 4.19. The summed E-state index contributed by atoms with van der Waals surface area (Å²) in [6.45, 7) is 18.9. The van der Waals surface area contributed by atoms with Gasteiger partial charge in [0.1, 0.15) is 0 Å². The molecule has 0 spiro atoms. The number of rotatable bonds is 3. The Hall–Kier alpha value is -0.0800. The molecule has 0 unspecified atom stereocenters. The monoisotopic (exact) mass is 212 g/mol. The van der Waals surface area contributed by atoms with Gasteiger partial charge in [0, 0.05) is 37.8 Å². The topological polar surface area (TPSA) is 6.48 Å². The van der Waals surface area contributed by atoms with Crippen LogP contribution in [0.2, 0.25) is 0 Å². The number of nitrogens with zero attached hydrogens (tertiary/aromatic N) is 2. The summed E-state index contributed by atoms with van der Waals surface area (Å²) < 4.78 is 0. The molecule has 2 heteroatoms. The van der Waals surface area contributed by atoms with E-state index in [4.69, 9.17) is 0 Å². The standard InChI is InChI=1S/C13H28N2/c1-11(2)9-15-8-7-14(12(3)4)10-13(15,5)6/h11-12H,7-10H2,1-6H3. The Labute approximate surface area is 95.6 Å². The summed E-state index contributed by atoms with van der Waals surface area (Å²) in [6, 6.07) is 0.686. The predicted octanol–water partition coefficient (Wildman–Crippen LogP) is 2.45. The lowest BCUT2D eigenvalue weighted by Gasteiger charge is -2.49.